The summed E-state index contributed by atoms with van der Waals surface area (Å²) in [5.41, 5.74) is -0.581. The molecule has 1 aliphatic rings. The zero-order valence-electron chi connectivity index (χ0n) is 12.0. The first-order chi connectivity index (χ1) is 8.78. The molecule has 1 N–H and O–H groups in total. The highest BCUT2D eigenvalue weighted by atomic mass is 16.6. The molecule has 1 amide bonds. The number of hydrogen-bond donors (Lipinski definition) is 1. The molecule has 1 aliphatic carbocycles. The van der Waals surface area contributed by atoms with E-state index < -0.39 is 17.7 Å². The molecule has 110 valence electrons. The summed E-state index contributed by atoms with van der Waals surface area (Å²) in [4.78, 5) is 22.6. The van der Waals surface area contributed by atoms with Crippen LogP contribution in [0, 0.1) is 5.92 Å². The zero-order chi connectivity index (χ0) is 14.5. The molecule has 1 saturated carbocycles. The van der Waals surface area contributed by atoms with Gasteiger partial charge in [-0.3, -0.25) is 0 Å². The number of carbonyl (C=O) groups excluding carboxylic acids is 2. The quantitative estimate of drug-likeness (QED) is 0.841. The highest BCUT2D eigenvalue weighted by Crippen LogP contribution is 2.27. The molecule has 0 aliphatic heterocycles. The molecule has 1 atom stereocenters. The van der Waals surface area contributed by atoms with Crippen LogP contribution in [0.25, 0.3) is 0 Å². The number of ether oxygens (including phenoxy) is 1. The third-order valence-electron chi connectivity index (χ3n) is 3.31. The van der Waals surface area contributed by atoms with Gasteiger partial charge in [-0.1, -0.05) is 19.3 Å². The third-order valence-corrected chi connectivity index (χ3v) is 3.31. The maximum atomic E-state index is 11.7. The molecule has 5 nitrogen and oxygen atoms in total. The van der Waals surface area contributed by atoms with Gasteiger partial charge in [0.1, 0.15) is 5.60 Å². The topological polar surface area (TPSA) is 78.5 Å². The van der Waals surface area contributed by atoms with E-state index in [1.807, 2.05) is 0 Å². The SMILES string of the molecule is CC(C)(C)OC(=O)N[C@@H](CC(=O)[O-])C1CCCCC1. The van der Waals surface area contributed by atoms with Crippen molar-refractivity contribution < 1.29 is 19.4 Å². The predicted molar refractivity (Wildman–Crippen MR) is 69.4 cm³/mol. The fourth-order valence-electron chi connectivity index (χ4n) is 2.51. The summed E-state index contributed by atoms with van der Waals surface area (Å²) >= 11 is 0. The Morgan fingerprint density at radius 1 is 1.26 bits per heavy atom. The standard InChI is InChI=1S/C14H25NO4/c1-14(2,3)19-13(18)15-11(9-12(16)17)10-7-5-4-6-8-10/h10-11H,4-9H2,1-3H3,(H,15,18)(H,16,17)/p-1/t11-/m0/s1. The normalized spacial score (nSPS) is 18.7. The number of nitrogens with one attached hydrogen (secondary N) is 1. The van der Waals surface area contributed by atoms with Gasteiger partial charge in [-0.25, -0.2) is 4.79 Å². The minimum Gasteiger partial charge on any atom is -0.550 e. The van der Waals surface area contributed by atoms with Gasteiger partial charge in [-0.15, -0.1) is 0 Å². The Kier molecular flexibility index (Phi) is 5.63. The Balaban J connectivity index is 2.58. The second kappa shape index (κ2) is 6.78. The number of hydrogen-bond acceptors (Lipinski definition) is 4. The van der Waals surface area contributed by atoms with Crippen LogP contribution < -0.4 is 10.4 Å². The lowest BCUT2D eigenvalue weighted by Gasteiger charge is -2.32. The summed E-state index contributed by atoms with van der Waals surface area (Å²) < 4.78 is 5.18. The smallest absolute Gasteiger partial charge is 0.407 e. The van der Waals surface area contributed by atoms with Crippen molar-refractivity contribution in [1.82, 2.24) is 5.32 Å². The van der Waals surface area contributed by atoms with E-state index in [9.17, 15) is 14.7 Å². The van der Waals surface area contributed by atoms with Gasteiger partial charge < -0.3 is 20.0 Å². The molecule has 0 aromatic carbocycles. The molecular formula is C14H24NO4-. The number of amides is 1. The Hall–Kier alpha value is -1.26. The molecule has 0 saturated heterocycles. The van der Waals surface area contributed by atoms with Gasteiger partial charge in [0.2, 0.25) is 0 Å². The highest BCUT2D eigenvalue weighted by Gasteiger charge is 2.27. The van der Waals surface area contributed by atoms with Crippen LogP contribution in [0.1, 0.15) is 59.3 Å². The number of carbonyl (C=O) groups is 2. The Morgan fingerprint density at radius 3 is 2.32 bits per heavy atom. The van der Waals surface area contributed by atoms with Crippen LogP contribution in [0.4, 0.5) is 4.79 Å². The average molecular weight is 270 g/mol. The van der Waals surface area contributed by atoms with E-state index in [0.29, 0.717) is 0 Å². The molecule has 0 spiro atoms. The second-order valence-electron chi connectivity index (χ2n) is 6.23. The number of aliphatic carboxylic acids is 1. The molecule has 1 fully saturated rings. The van der Waals surface area contributed by atoms with Crippen molar-refractivity contribution in [3.63, 3.8) is 0 Å². The van der Waals surface area contributed by atoms with Gasteiger partial charge in [-0.2, -0.15) is 0 Å². The largest absolute Gasteiger partial charge is 0.550 e. The molecular weight excluding hydrogens is 246 g/mol. The molecule has 0 unspecified atom stereocenters. The van der Waals surface area contributed by atoms with E-state index in [1.165, 1.54) is 6.42 Å². The minimum absolute atomic E-state index is 0.149. The summed E-state index contributed by atoms with van der Waals surface area (Å²) in [6.45, 7) is 5.34. The van der Waals surface area contributed by atoms with Gasteiger partial charge in [0, 0.05) is 18.4 Å². The number of carboxylic acid groups (broad SMARTS) is 1. The summed E-state index contributed by atoms with van der Waals surface area (Å²) in [7, 11) is 0. The van der Waals surface area contributed by atoms with Gasteiger partial charge >= 0.3 is 6.09 Å². The lowest BCUT2D eigenvalue weighted by atomic mass is 9.83. The Bertz CT molecular complexity index is 316. The predicted octanol–water partition coefficient (Wildman–Crippen LogP) is 1.60. The van der Waals surface area contributed by atoms with Crippen LogP contribution in [0.5, 0.6) is 0 Å². The zero-order valence-corrected chi connectivity index (χ0v) is 12.0. The van der Waals surface area contributed by atoms with Crippen LogP contribution in [-0.4, -0.2) is 23.7 Å². The van der Waals surface area contributed by atoms with Crippen LogP contribution in [0.3, 0.4) is 0 Å². The van der Waals surface area contributed by atoms with Crippen LogP contribution >= 0.6 is 0 Å². The summed E-state index contributed by atoms with van der Waals surface area (Å²) in [5.74, 6) is -0.925. The Labute approximate surface area is 114 Å². The van der Waals surface area contributed by atoms with Gasteiger partial charge in [0.25, 0.3) is 0 Å². The van der Waals surface area contributed by atoms with E-state index in [0.717, 1.165) is 25.7 Å². The average Bonchev–Trinajstić information content (AvgIpc) is 2.26. The summed E-state index contributed by atoms with van der Waals surface area (Å²) in [6, 6.07) is -0.389. The summed E-state index contributed by atoms with van der Waals surface area (Å²) in [5, 5.41) is 13.5. The first-order valence-electron chi connectivity index (χ1n) is 6.97. The van der Waals surface area contributed by atoms with E-state index in [2.05, 4.69) is 5.32 Å². The lowest BCUT2D eigenvalue weighted by Crippen LogP contribution is -2.46. The van der Waals surface area contributed by atoms with Gasteiger partial charge in [0.15, 0.2) is 0 Å². The van der Waals surface area contributed by atoms with Crippen LogP contribution in [0.2, 0.25) is 0 Å². The van der Waals surface area contributed by atoms with Crippen molar-refractivity contribution in [2.24, 2.45) is 5.92 Å². The van der Waals surface area contributed by atoms with E-state index in [4.69, 9.17) is 4.74 Å². The van der Waals surface area contributed by atoms with Crippen LogP contribution in [-0.2, 0) is 9.53 Å². The summed E-state index contributed by atoms with van der Waals surface area (Å²) in [6.07, 6.45) is 4.56. The number of alkyl carbamates (subject to hydrolysis) is 1. The maximum Gasteiger partial charge on any atom is 0.407 e. The van der Waals surface area contributed by atoms with Crippen molar-refractivity contribution in [2.75, 3.05) is 0 Å². The first kappa shape index (κ1) is 15.8. The van der Waals surface area contributed by atoms with Crippen LogP contribution in [0.15, 0.2) is 0 Å². The monoisotopic (exact) mass is 270 g/mol. The van der Waals surface area contributed by atoms with Gasteiger partial charge in [0.05, 0.1) is 0 Å². The first-order valence-corrected chi connectivity index (χ1v) is 6.97. The van der Waals surface area contributed by atoms with Crippen molar-refractivity contribution in [2.45, 2.75) is 70.9 Å². The lowest BCUT2D eigenvalue weighted by molar-refractivity contribution is -0.306. The van der Waals surface area contributed by atoms with Gasteiger partial charge in [-0.05, 0) is 39.5 Å². The molecule has 5 heteroatoms. The molecule has 1 rings (SSSR count). The van der Waals surface area contributed by atoms with Crippen molar-refractivity contribution in [1.29, 1.82) is 0 Å². The van der Waals surface area contributed by atoms with E-state index >= 15 is 0 Å². The van der Waals surface area contributed by atoms with Crippen molar-refractivity contribution in [3.8, 4) is 0 Å². The fraction of sp³-hybridized carbons (Fsp3) is 0.857. The molecule has 19 heavy (non-hydrogen) atoms. The molecule has 0 aromatic rings. The third kappa shape index (κ3) is 6.45. The molecule has 0 heterocycles. The van der Waals surface area contributed by atoms with Crippen molar-refractivity contribution in [3.05, 3.63) is 0 Å². The van der Waals surface area contributed by atoms with Crippen molar-refractivity contribution >= 4 is 12.1 Å². The fourth-order valence-corrected chi connectivity index (χ4v) is 2.51. The minimum atomic E-state index is -1.13. The van der Waals surface area contributed by atoms with E-state index in [-0.39, 0.29) is 18.4 Å². The second-order valence-corrected chi connectivity index (χ2v) is 6.23. The molecule has 0 bridgehead atoms. The highest BCUT2D eigenvalue weighted by molar-refractivity contribution is 5.70. The van der Waals surface area contributed by atoms with E-state index in [1.54, 1.807) is 20.8 Å². The molecule has 0 radical (unpaired) electrons. The number of rotatable bonds is 4. The number of carboxylic acids is 1. The molecule has 0 aromatic heterocycles. The Morgan fingerprint density at radius 2 is 1.84 bits per heavy atom. The maximum absolute atomic E-state index is 11.7.